The molecule has 4 heteroatoms. The molecule has 14 heavy (non-hydrogen) atoms. The Labute approximate surface area is 90.0 Å². The largest absolute Gasteiger partial charge is 0.394 e. The number of amides is 1. The first-order valence-electron chi connectivity index (χ1n) is 5.06. The van der Waals surface area contributed by atoms with Crippen molar-refractivity contribution in [1.29, 1.82) is 0 Å². The SMILES string of the molecule is CC(C)[C@@H](CO)N1CC(CCl)CC1=O. The normalized spacial score (nSPS) is 24.8. The maximum atomic E-state index is 11.6. The molecule has 1 fully saturated rings. The van der Waals surface area contributed by atoms with E-state index in [0.717, 1.165) is 0 Å². The first-order valence-corrected chi connectivity index (χ1v) is 5.59. The van der Waals surface area contributed by atoms with Crippen LogP contribution in [0.5, 0.6) is 0 Å². The standard InChI is InChI=1S/C10H18ClNO2/c1-7(2)9(6-13)12-5-8(4-11)3-10(12)14/h7-9,13H,3-6H2,1-2H3/t8?,9-/m1/s1. The van der Waals surface area contributed by atoms with E-state index in [9.17, 15) is 9.90 Å². The highest BCUT2D eigenvalue weighted by Crippen LogP contribution is 2.23. The van der Waals surface area contributed by atoms with Crippen molar-refractivity contribution in [2.24, 2.45) is 11.8 Å². The Hall–Kier alpha value is -0.280. The molecule has 0 radical (unpaired) electrons. The van der Waals surface area contributed by atoms with Crippen LogP contribution in [0.1, 0.15) is 20.3 Å². The van der Waals surface area contributed by atoms with Crippen molar-refractivity contribution >= 4 is 17.5 Å². The second-order valence-electron chi connectivity index (χ2n) is 4.26. The Bertz CT molecular complexity index is 208. The first kappa shape index (κ1) is 11.8. The highest BCUT2D eigenvalue weighted by atomic mass is 35.5. The second-order valence-corrected chi connectivity index (χ2v) is 4.57. The number of alkyl halides is 1. The average Bonchev–Trinajstić information content (AvgIpc) is 2.48. The average molecular weight is 220 g/mol. The van der Waals surface area contributed by atoms with E-state index in [4.69, 9.17) is 11.6 Å². The number of hydrogen-bond acceptors (Lipinski definition) is 2. The van der Waals surface area contributed by atoms with Crippen LogP contribution in [0.3, 0.4) is 0 Å². The van der Waals surface area contributed by atoms with Crippen LogP contribution in [0.4, 0.5) is 0 Å². The Morgan fingerprint density at radius 2 is 2.29 bits per heavy atom. The Morgan fingerprint density at radius 3 is 2.64 bits per heavy atom. The molecule has 0 bridgehead atoms. The van der Waals surface area contributed by atoms with Crippen LogP contribution in [0, 0.1) is 11.8 Å². The zero-order valence-electron chi connectivity index (χ0n) is 8.74. The lowest BCUT2D eigenvalue weighted by atomic mass is 10.0. The zero-order chi connectivity index (χ0) is 10.7. The third-order valence-electron chi connectivity index (χ3n) is 2.81. The molecule has 1 N–H and O–H groups in total. The van der Waals surface area contributed by atoms with Crippen LogP contribution in [0.2, 0.25) is 0 Å². The number of aliphatic hydroxyl groups excluding tert-OH is 1. The lowest BCUT2D eigenvalue weighted by Crippen LogP contribution is -2.42. The van der Waals surface area contributed by atoms with E-state index < -0.39 is 0 Å². The summed E-state index contributed by atoms with van der Waals surface area (Å²) < 4.78 is 0. The van der Waals surface area contributed by atoms with E-state index in [1.54, 1.807) is 4.90 Å². The summed E-state index contributed by atoms with van der Waals surface area (Å²) in [7, 11) is 0. The Kier molecular flexibility index (Phi) is 4.20. The molecule has 0 aliphatic carbocycles. The molecule has 82 valence electrons. The van der Waals surface area contributed by atoms with Crippen molar-refractivity contribution in [3.05, 3.63) is 0 Å². The van der Waals surface area contributed by atoms with Crippen molar-refractivity contribution in [2.75, 3.05) is 19.0 Å². The minimum Gasteiger partial charge on any atom is -0.394 e. The fourth-order valence-corrected chi connectivity index (χ4v) is 2.11. The summed E-state index contributed by atoms with van der Waals surface area (Å²) in [6, 6.07) is -0.0456. The van der Waals surface area contributed by atoms with Gasteiger partial charge in [-0.3, -0.25) is 4.79 Å². The van der Waals surface area contributed by atoms with Gasteiger partial charge in [0.25, 0.3) is 0 Å². The van der Waals surface area contributed by atoms with Gasteiger partial charge in [0, 0.05) is 18.8 Å². The fraction of sp³-hybridized carbons (Fsp3) is 0.900. The monoisotopic (exact) mass is 219 g/mol. The Balaban J connectivity index is 2.63. The van der Waals surface area contributed by atoms with E-state index in [-0.39, 0.29) is 30.4 Å². The van der Waals surface area contributed by atoms with Gasteiger partial charge >= 0.3 is 0 Å². The van der Waals surface area contributed by atoms with E-state index >= 15 is 0 Å². The summed E-state index contributed by atoms with van der Waals surface area (Å²) in [6.07, 6.45) is 0.534. The molecule has 2 atom stereocenters. The van der Waals surface area contributed by atoms with Gasteiger partial charge in [0.15, 0.2) is 0 Å². The highest BCUT2D eigenvalue weighted by Gasteiger charge is 2.34. The Morgan fingerprint density at radius 1 is 1.64 bits per heavy atom. The predicted molar refractivity (Wildman–Crippen MR) is 56.3 cm³/mol. The lowest BCUT2D eigenvalue weighted by molar-refractivity contribution is -0.131. The molecule has 1 aliphatic rings. The maximum absolute atomic E-state index is 11.6. The van der Waals surface area contributed by atoms with E-state index in [2.05, 4.69) is 0 Å². The predicted octanol–water partition coefficient (Wildman–Crippen LogP) is 1.09. The number of carbonyl (C=O) groups excluding carboxylic acids is 1. The number of nitrogens with zero attached hydrogens (tertiary/aromatic N) is 1. The third-order valence-corrected chi connectivity index (χ3v) is 3.25. The minimum absolute atomic E-state index is 0.0401. The number of halogens is 1. The molecule has 1 amide bonds. The van der Waals surface area contributed by atoms with Gasteiger partial charge in [-0.25, -0.2) is 0 Å². The summed E-state index contributed by atoms with van der Waals surface area (Å²) in [6.45, 7) is 4.77. The van der Waals surface area contributed by atoms with Crippen LogP contribution >= 0.6 is 11.6 Å². The quantitative estimate of drug-likeness (QED) is 0.720. The van der Waals surface area contributed by atoms with Crippen LogP contribution in [0.15, 0.2) is 0 Å². The molecule has 0 spiro atoms. The van der Waals surface area contributed by atoms with E-state index in [0.29, 0.717) is 18.8 Å². The molecule has 0 aromatic carbocycles. The summed E-state index contributed by atoms with van der Waals surface area (Å²) in [4.78, 5) is 13.4. The maximum Gasteiger partial charge on any atom is 0.223 e. The van der Waals surface area contributed by atoms with Crippen molar-refractivity contribution in [3.8, 4) is 0 Å². The van der Waals surface area contributed by atoms with Crippen LogP contribution < -0.4 is 0 Å². The van der Waals surface area contributed by atoms with Crippen molar-refractivity contribution in [2.45, 2.75) is 26.3 Å². The fourth-order valence-electron chi connectivity index (χ4n) is 1.90. The molecule has 0 aromatic heterocycles. The third kappa shape index (κ3) is 2.39. The van der Waals surface area contributed by atoms with Gasteiger partial charge in [0.1, 0.15) is 0 Å². The van der Waals surface area contributed by atoms with Crippen molar-refractivity contribution in [3.63, 3.8) is 0 Å². The van der Waals surface area contributed by atoms with E-state index in [1.807, 2.05) is 13.8 Å². The summed E-state index contributed by atoms with van der Waals surface area (Å²) in [5, 5.41) is 9.21. The topological polar surface area (TPSA) is 40.5 Å². The van der Waals surface area contributed by atoms with Gasteiger partial charge in [-0.1, -0.05) is 13.8 Å². The first-order chi connectivity index (χ1) is 6.60. The van der Waals surface area contributed by atoms with Gasteiger partial charge in [-0.2, -0.15) is 0 Å². The zero-order valence-corrected chi connectivity index (χ0v) is 9.50. The number of carbonyl (C=O) groups is 1. The summed E-state index contributed by atoms with van der Waals surface area (Å²) >= 11 is 5.72. The minimum atomic E-state index is -0.0456. The number of aliphatic hydroxyl groups is 1. The number of likely N-dealkylation sites (tertiary alicyclic amines) is 1. The molecule has 1 aliphatic heterocycles. The lowest BCUT2D eigenvalue weighted by Gasteiger charge is -2.29. The van der Waals surface area contributed by atoms with E-state index in [1.165, 1.54) is 0 Å². The van der Waals surface area contributed by atoms with Crippen molar-refractivity contribution < 1.29 is 9.90 Å². The summed E-state index contributed by atoms with van der Waals surface area (Å²) in [5.41, 5.74) is 0. The summed E-state index contributed by atoms with van der Waals surface area (Å²) in [5.74, 6) is 1.21. The molecule has 1 rings (SSSR count). The molecule has 3 nitrogen and oxygen atoms in total. The van der Waals surface area contributed by atoms with Crippen LogP contribution in [0.25, 0.3) is 0 Å². The van der Waals surface area contributed by atoms with Crippen LogP contribution in [-0.2, 0) is 4.79 Å². The van der Waals surface area contributed by atoms with Gasteiger partial charge < -0.3 is 10.0 Å². The second kappa shape index (κ2) is 4.99. The molecule has 1 heterocycles. The highest BCUT2D eigenvalue weighted by molar-refractivity contribution is 6.18. The molecule has 0 saturated carbocycles. The van der Waals surface area contributed by atoms with Crippen molar-refractivity contribution in [1.82, 2.24) is 4.90 Å². The molecule has 1 saturated heterocycles. The molecule has 1 unspecified atom stereocenters. The number of rotatable bonds is 4. The van der Waals surface area contributed by atoms with Gasteiger partial charge in [-0.05, 0) is 11.8 Å². The van der Waals surface area contributed by atoms with Gasteiger partial charge in [0.2, 0.25) is 5.91 Å². The molecule has 0 aromatic rings. The van der Waals surface area contributed by atoms with Crippen LogP contribution in [-0.4, -0.2) is 41.0 Å². The van der Waals surface area contributed by atoms with Gasteiger partial charge in [0.05, 0.1) is 12.6 Å². The molecular formula is C10H18ClNO2. The molecular weight excluding hydrogens is 202 g/mol. The number of hydrogen-bond donors (Lipinski definition) is 1. The van der Waals surface area contributed by atoms with Gasteiger partial charge in [-0.15, -0.1) is 11.6 Å². The smallest absolute Gasteiger partial charge is 0.223 e.